The van der Waals surface area contributed by atoms with Crippen molar-refractivity contribution in [3.05, 3.63) is 35.9 Å². The maximum absolute atomic E-state index is 9.70. The summed E-state index contributed by atoms with van der Waals surface area (Å²) in [6.07, 6.45) is 2.89. The van der Waals surface area contributed by atoms with E-state index in [9.17, 15) is 10.2 Å². The van der Waals surface area contributed by atoms with Gasteiger partial charge in [0.15, 0.2) is 0 Å². The molecule has 0 saturated heterocycles. The molecule has 0 aromatic heterocycles. The molecule has 1 saturated carbocycles. The van der Waals surface area contributed by atoms with Gasteiger partial charge in [-0.15, -0.1) is 0 Å². The molecule has 0 amide bonds. The van der Waals surface area contributed by atoms with Crippen molar-refractivity contribution in [1.29, 1.82) is 0 Å². The van der Waals surface area contributed by atoms with Crippen LogP contribution in [0.1, 0.15) is 45.6 Å². The van der Waals surface area contributed by atoms with Gasteiger partial charge in [0.05, 0.1) is 12.2 Å². The van der Waals surface area contributed by atoms with E-state index in [-0.39, 0.29) is 30.1 Å². The van der Waals surface area contributed by atoms with Crippen LogP contribution in [0.4, 0.5) is 0 Å². The molecular formula is C19H30O3. The van der Waals surface area contributed by atoms with Gasteiger partial charge >= 0.3 is 0 Å². The molecule has 0 radical (unpaired) electrons. The number of rotatable bonds is 6. The van der Waals surface area contributed by atoms with Gasteiger partial charge in [-0.1, -0.05) is 37.3 Å². The van der Waals surface area contributed by atoms with Crippen molar-refractivity contribution in [2.45, 2.75) is 52.2 Å². The molecule has 0 bridgehead atoms. The summed E-state index contributed by atoms with van der Waals surface area (Å²) in [5.74, 6) is 0.559. The highest BCUT2D eigenvalue weighted by molar-refractivity contribution is 5.13. The van der Waals surface area contributed by atoms with Crippen molar-refractivity contribution in [2.75, 3.05) is 13.2 Å². The smallest absolute Gasteiger partial charge is 0.0724 e. The third-order valence-corrected chi connectivity index (χ3v) is 5.64. The number of aliphatic hydroxyl groups is 2. The fourth-order valence-corrected chi connectivity index (χ4v) is 3.55. The Balaban J connectivity index is 1.98. The summed E-state index contributed by atoms with van der Waals surface area (Å²) in [7, 11) is 0. The van der Waals surface area contributed by atoms with Crippen LogP contribution in [0, 0.1) is 17.3 Å². The van der Waals surface area contributed by atoms with Gasteiger partial charge in [-0.05, 0) is 55.9 Å². The maximum Gasteiger partial charge on any atom is 0.0724 e. The molecular weight excluding hydrogens is 276 g/mol. The first kappa shape index (κ1) is 17.5. The maximum atomic E-state index is 9.70. The summed E-state index contributed by atoms with van der Waals surface area (Å²) in [6.45, 7) is 7.29. The highest BCUT2D eigenvalue weighted by atomic mass is 16.5. The Morgan fingerprint density at radius 2 is 1.91 bits per heavy atom. The van der Waals surface area contributed by atoms with Gasteiger partial charge in [0.2, 0.25) is 0 Å². The molecule has 2 rings (SSSR count). The second kappa shape index (κ2) is 7.12. The molecule has 22 heavy (non-hydrogen) atoms. The Labute approximate surface area is 134 Å². The van der Waals surface area contributed by atoms with E-state index in [1.54, 1.807) is 0 Å². The summed E-state index contributed by atoms with van der Waals surface area (Å²) in [4.78, 5) is 0. The van der Waals surface area contributed by atoms with Crippen LogP contribution < -0.4 is 0 Å². The molecule has 0 heterocycles. The van der Waals surface area contributed by atoms with Gasteiger partial charge in [0, 0.05) is 13.2 Å². The molecule has 3 atom stereocenters. The largest absolute Gasteiger partial charge is 0.396 e. The highest BCUT2D eigenvalue weighted by Crippen LogP contribution is 2.46. The normalized spacial score (nSPS) is 29.5. The molecule has 1 aliphatic rings. The average molecular weight is 306 g/mol. The van der Waals surface area contributed by atoms with Crippen molar-refractivity contribution in [3.8, 4) is 0 Å². The first-order chi connectivity index (χ1) is 10.4. The second-order valence-electron chi connectivity index (χ2n) is 7.54. The molecule has 0 unspecified atom stereocenters. The second-order valence-corrected chi connectivity index (χ2v) is 7.54. The lowest BCUT2D eigenvalue weighted by Gasteiger charge is -2.47. The van der Waals surface area contributed by atoms with E-state index in [1.807, 2.05) is 18.2 Å². The minimum atomic E-state index is -0.222. The quantitative estimate of drug-likeness (QED) is 0.847. The zero-order chi connectivity index (χ0) is 16.2. The summed E-state index contributed by atoms with van der Waals surface area (Å²) in [5.41, 5.74) is 0.811. The van der Waals surface area contributed by atoms with Gasteiger partial charge in [0.1, 0.15) is 0 Å². The molecule has 3 heteroatoms. The van der Waals surface area contributed by atoms with Crippen molar-refractivity contribution in [3.63, 3.8) is 0 Å². The molecule has 124 valence electrons. The van der Waals surface area contributed by atoms with Crippen LogP contribution in [0.25, 0.3) is 0 Å². The summed E-state index contributed by atoms with van der Waals surface area (Å²) < 4.78 is 6.21. The first-order valence-electron chi connectivity index (χ1n) is 8.31. The first-order valence-corrected chi connectivity index (χ1v) is 8.31. The van der Waals surface area contributed by atoms with Crippen LogP contribution >= 0.6 is 0 Å². The van der Waals surface area contributed by atoms with Crippen LogP contribution in [0.2, 0.25) is 0 Å². The van der Waals surface area contributed by atoms with E-state index in [0.717, 1.165) is 19.3 Å². The highest BCUT2D eigenvalue weighted by Gasteiger charge is 2.44. The monoisotopic (exact) mass is 306 g/mol. The van der Waals surface area contributed by atoms with Gasteiger partial charge in [0.25, 0.3) is 0 Å². The van der Waals surface area contributed by atoms with Crippen LogP contribution in [-0.4, -0.2) is 29.0 Å². The van der Waals surface area contributed by atoms with Crippen molar-refractivity contribution in [1.82, 2.24) is 0 Å². The van der Waals surface area contributed by atoms with Gasteiger partial charge < -0.3 is 14.9 Å². The lowest BCUT2D eigenvalue weighted by molar-refractivity contribution is -0.111. The standard InChI is InChI=1S/C19H30O3/c1-18(2,22-13-15-7-5-4-6-8-15)16-9-10-19(3,14-21)17(11-16)12-20/h4-8,16-17,20-21H,9-14H2,1-3H3/t16-,17+,19-/m0/s1. The molecule has 0 aliphatic heterocycles. The Hall–Kier alpha value is -0.900. The topological polar surface area (TPSA) is 49.7 Å². The number of hydrogen-bond acceptors (Lipinski definition) is 3. The third kappa shape index (κ3) is 3.89. The third-order valence-electron chi connectivity index (χ3n) is 5.64. The van der Waals surface area contributed by atoms with Crippen LogP contribution in [-0.2, 0) is 11.3 Å². The molecule has 3 nitrogen and oxygen atoms in total. The number of ether oxygens (including phenoxy) is 1. The predicted octanol–water partition coefficient (Wildman–Crippen LogP) is 3.39. The van der Waals surface area contributed by atoms with Crippen LogP contribution in [0.3, 0.4) is 0 Å². The zero-order valence-corrected chi connectivity index (χ0v) is 14.1. The number of benzene rings is 1. The molecule has 1 aromatic carbocycles. The number of hydrogen-bond donors (Lipinski definition) is 2. The molecule has 2 N–H and O–H groups in total. The lowest BCUT2D eigenvalue weighted by atomic mass is 9.62. The summed E-state index contributed by atoms with van der Waals surface area (Å²) in [6, 6.07) is 10.2. The van der Waals surface area contributed by atoms with E-state index in [2.05, 4.69) is 32.9 Å². The molecule has 1 aliphatic carbocycles. The average Bonchev–Trinajstić information content (AvgIpc) is 2.54. The number of aliphatic hydroxyl groups excluding tert-OH is 2. The van der Waals surface area contributed by atoms with Crippen LogP contribution in [0.5, 0.6) is 0 Å². The minimum absolute atomic E-state index is 0.141. The Kier molecular flexibility index (Phi) is 5.65. The Morgan fingerprint density at radius 3 is 2.50 bits per heavy atom. The van der Waals surface area contributed by atoms with E-state index in [0.29, 0.717) is 12.5 Å². The predicted molar refractivity (Wildman–Crippen MR) is 88.4 cm³/mol. The Bertz CT molecular complexity index is 457. The van der Waals surface area contributed by atoms with Crippen LogP contribution in [0.15, 0.2) is 30.3 Å². The lowest BCUT2D eigenvalue weighted by Crippen LogP contribution is -2.45. The minimum Gasteiger partial charge on any atom is -0.396 e. The van der Waals surface area contributed by atoms with Crippen molar-refractivity contribution in [2.24, 2.45) is 17.3 Å². The van der Waals surface area contributed by atoms with Crippen molar-refractivity contribution >= 4 is 0 Å². The summed E-state index contributed by atoms with van der Waals surface area (Å²) >= 11 is 0. The zero-order valence-electron chi connectivity index (χ0n) is 14.1. The fraction of sp³-hybridized carbons (Fsp3) is 0.684. The molecule has 1 fully saturated rings. The van der Waals surface area contributed by atoms with Gasteiger partial charge in [-0.3, -0.25) is 0 Å². The van der Waals surface area contributed by atoms with Crippen molar-refractivity contribution < 1.29 is 14.9 Å². The van der Waals surface area contributed by atoms with E-state index in [4.69, 9.17) is 4.74 Å². The van der Waals surface area contributed by atoms with Gasteiger partial charge in [-0.2, -0.15) is 0 Å². The fourth-order valence-electron chi connectivity index (χ4n) is 3.55. The van der Waals surface area contributed by atoms with E-state index >= 15 is 0 Å². The molecule has 0 spiro atoms. The SMILES string of the molecule is CC(C)(OCc1ccccc1)[C@H]1CC[C@@](C)(CO)[C@@H](CO)C1. The summed E-state index contributed by atoms with van der Waals surface area (Å²) in [5, 5.41) is 19.3. The Morgan fingerprint density at radius 1 is 1.23 bits per heavy atom. The van der Waals surface area contributed by atoms with E-state index in [1.165, 1.54) is 5.56 Å². The van der Waals surface area contributed by atoms with Gasteiger partial charge in [-0.25, -0.2) is 0 Å². The van der Waals surface area contributed by atoms with E-state index < -0.39 is 0 Å². The molecule has 1 aromatic rings.